The van der Waals surface area contributed by atoms with Gasteiger partial charge in [-0.15, -0.1) is 0 Å². The summed E-state index contributed by atoms with van der Waals surface area (Å²) < 4.78 is 26.6. The highest BCUT2D eigenvalue weighted by molar-refractivity contribution is 7.89. The van der Waals surface area contributed by atoms with Gasteiger partial charge in [0.2, 0.25) is 10.0 Å². The molecule has 0 aliphatic carbocycles. The molecule has 6 nitrogen and oxygen atoms in total. The second kappa shape index (κ2) is 5.66. The fraction of sp³-hybridized carbons (Fsp3) is 0.333. The van der Waals surface area contributed by atoms with E-state index in [0.29, 0.717) is 23.7 Å². The molecule has 0 bridgehead atoms. The summed E-state index contributed by atoms with van der Waals surface area (Å²) in [6.07, 6.45) is 3.03. The predicted octanol–water partition coefficient (Wildman–Crippen LogP) is 1.86. The average molecular weight is 320 g/mol. The Morgan fingerprint density at radius 1 is 1.27 bits per heavy atom. The molecule has 7 heteroatoms. The van der Waals surface area contributed by atoms with Gasteiger partial charge < -0.3 is 5.11 Å². The summed E-state index contributed by atoms with van der Waals surface area (Å²) in [5.41, 5.74) is 0.704. The molecular formula is C15H16N2O4S. The molecule has 1 aliphatic rings. The zero-order chi connectivity index (χ0) is 15.7. The fourth-order valence-corrected chi connectivity index (χ4v) is 4.40. The van der Waals surface area contributed by atoms with Gasteiger partial charge in [0.15, 0.2) is 0 Å². The quantitative estimate of drug-likeness (QED) is 0.932. The Balaban J connectivity index is 2.04. The Morgan fingerprint density at radius 2 is 2.05 bits per heavy atom. The zero-order valence-corrected chi connectivity index (χ0v) is 12.7. The Bertz CT molecular complexity index is 819. The maximum atomic E-state index is 12.8. The lowest BCUT2D eigenvalue weighted by Gasteiger charge is -2.31. The van der Waals surface area contributed by atoms with Crippen molar-refractivity contribution in [2.24, 2.45) is 0 Å². The van der Waals surface area contributed by atoms with Gasteiger partial charge in [-0.1, -0.05) is 18.2 Å². The van der Waals surface area contributed by atoms with Crippen LogP contribution in [0.5, 0.6) is 0 Å². The van der Waals surface area contributed by atoms with Crippen molar-refractivity contribution in [1.82, 2.24) is 9.29 Å². The van der Waals surface area contributed by atoms with E-state index in [1.807, 2.05) is 6.07 Å². The molecule has 116 valence electrons. The van der Waals surface area contributed by atoms with E-state index in [-0.39, 0.29) is 11.4 Å². The van der Waals surface area contributed by atoms with Crippen LogP contribution in [0.15, 0.2) is 41.4 Å². The monoisotopic (exact) mass is 320 g/mol. The number of hydrogen-bond donors (Lipinski definition) is 1. The minimum absolute atomic E-state index is 0.0411. The lowest BCUT2D eigenvalue weighted by Crippen LogP contribution is -2.47. The van der Waals surface area contributed by atoms with Crippen LogP contribution in [0.2, 0.25) is 0 Å². The van der Waals surface area contributed by atoms with E-state index in [2.05, 4.69) is 4.98 Å². The number of para-hydroxylation sites is 1. The smallest absolute Gasteiger partial charge is 0.322 e. The van der Waals surface area contributed by atoms with Crippen molar-refractivity contribution in [3.8, 4) is 0 Å². The first-order chi connectivity index (χ1) is 10.5. The summed E-state index contributed by atoms with van der Waals surface area (Å²) in [6, 6.07) is 7.77. The number of carboxylic acid groups (broad SMARTS) is 1. The molecular weight excluding hydrogens is 304 g/mol. The third-order valence-electron chi connectivity index (χ3n) is 3.91. The number of fused-ring (bicyclic) bond motifs is 1. The van der Waals surface area contributed by atoms with Crippen LogP contribution in [0.25, 0.3) is 10.9 Å². The van der Waals surface area contributed by atoms with Gasteiger partial charge in [-0.05, 0) is 31.4 Å². The van der Waals surface area contributed by atoms with Crippen molar-refractivity contribution < 1.29 is 18.3 Å². The van der Waals surface area contributed by atoms with Crippen LogP contribution in [0.3, 0.4) is 0 Å². The molecule has 0 spiro atoms. The first-order valence-corrected chi connectivity index (χ1v) is 8.53. The summed E-state index contributed by atoms with van der Waals surface area (Å²) in [6.45, 7) is 0.228. The fourth-order valence-electron chi connectivity index (χ4n) is 2.77. The molecule has 1 fully saturated rings. The van der Waals surface area contributed by atoms with Crippen LogP contribution in [0.1, 0.15) is 19.3 Å². The van der Waals surface area contributed by atoms with E-state index in [0.717, 1.165) is 10.7 Å². The highest BCUT2D eigenvalue weighted by Crippen LogP contribution is 2.26. The van der Waals surface area contributed by atoms with E-state index < -0.39 is 22.0 Å². The molecule has 0 radical (unpaired) electrons. The summed E-state index contributed by atoms with van der Waals surface area (Å²) in [5.74, 6) is -1.10. The van der Waals surface area contributed by atoms with Gasteiger partial charge in [0, 0.05) is 18.1 Å². The van der Waals surface area contributed by atoms with Gasteiger partial charge in [-0.2, -0.15) is 4.31 Å². The lowest BCUT2D eigenvalue weighted by molar-refractivity contribution is -0.142. The summed E-state index contributed by atoms with van der Waals surface area (Å²) in [5, 5.41) is 9.98. The van der Waals surface area contributed by atoms with E-state index in [9.17, 15) is 18.3 Å². The number of benzene rings is 1. The van der Waals surface area contributed by atoms with Crippen molar-refractivity contribution in [2.75, 3.05) is 6.54 Å². The highest BCUT2D eigenvalue weighted by atomic mass is 32.2. The van der Waals surface area contributed by atoms with Gasteiger partial charge >= 0.3 is 5.97 Å². The summed E-state index contributed by atoms with van der Waals surface area (Å²) >= 11 is 0. The number of sulfonamides is 1. The number of aromatic nitrogens is 1. The van der Waals surface area contributed by atoms with Crippen molar-refractivity contribution in [2.45, 2.75) is 30.2 Å². The number of piperidine rings is 1. The van der Waals surface area contributed by atoms with Crippen molar-refractivity contribution in [3.63, 3.8) is 0 Å². The zero-order valence-electron chi connectivity index (χ0n) is 11.8. The number of carbonyl (C=O) groups is 1. The average Bonchev–Trinajstić information content (AvgIpc) is 2.54. The Kier molecular flexibility index (Phi) is 3.84. The summed E-state index contributed by atoms with van der Waals surface area (Å²) in [7, 11) is -3.86. The van der Waals surface area contributed by atoms with Crippen LogP contribution in [-0.2, 0) is 14.8 Å². The SMILES string of the molecule is O=C(O)C1CCCCN1S(=O)(=O)c1cnc2ccccc2c1. The molecule has 1 aromatic carbocycles. The molecule has 2 aromatic rings. The Hall–Kier alpha value is -1.99. The molecule has 0 amide bonds. The number of aliphatic carboxylic acids is 1. The standard InChI is InChI=1S/C15H16N2O4S/c18-15(19)14-7-3-4-8-17(14)22(20,21)12-9-11-5-1-2-6-13(11)16-10-12/h1-2,5-6,9-10,14H,3-4,7-8H2,(H,18,19). The minimum Gasteiger partial charge on any atom is -0.480 e. The first-order valence-electron chi connectivity index (χ1n) is 7.09. The number of pyridine rings is 1. The van der Waals surface area contributed by atoms with Crippen molar-refractivity contribution in [3.05, 3.63) is 36.5 Å². The number of rotatable bonds is 3. The van der Waals surface area contributed by atoms with Gasteiger partial charge in [0.05, 0.1) is 5.52 Å². The van der Waals surface area contributed by atoms with Gasteiger partial charge in [-0.3, -0.25) is 9.78 Å². The first kappa shape index (κ1) is 14.9. The third kappa shape index (κ3) is 2.57. The molecule has 1 aromatic heterocycles. The minimum atomic E-state index is -3.86. The molecule has 22 heavy (non-hydrogen) atoms. The van der Waals surface area contributed by atoms with Crippen molar-refractivity contribution >= 4 is 26.9 Å². The molecule has 1 saturated heterocycles. The number of hydrogen-bond acceptors (Lipinski definition) is 4. The van der Waals surface area contributed by atoms with Crippen LogP contribution >= 0.6 is 0 Å². The maximum Gasteiger partial charge on any atom is 0.322 e. The van der Waals surface area contributed by atoms with Crippen LogP contribution in [0, 0.1) is 0 Å². The van der Waals surface area contributed by atoms with E-state index in [4.69, 9.17) is 0 Å². The van der Waals surface area contributed by atoms with E-state index >= 15 is 0 Å². The molecule has 2 heterocycles. The Morgan fingerprint density at radius 3 is 2.82 bits per heavy atom. The maximum absolute atomic E-state index is 12.8. The van der Waals surface area contributed by atoms with Gasteiger partial charge in [0.25, 0.3) is 0 Å². The number of nitrogens with zero attached hydrogens (tertiary/aromatic N) is 2. The molecule has 3 rings (SSSR count). The van der Waals surface area contributed by atoms with Gasteiger partial charge in [-0.25, -0.2) is 8.42 Å². The van der Waals surface area contributed by atoms with E-state index in [1.165, 1.54) is 6.20 Å². The highest BCUT2D eigenvalue weighted by Gasteiger charge is 2.37. The summed E-state index contributed by atoms with van der Waals surface area (Å²) in [4.78, 5) is 15.5. The van der Waals surface area contributed by atoms with Gasteiger partial charge in [0.1, 0.15) is 10.9 Å². The molecule has 1 aliphatic heterocycles. The van der Waals surface area contributed by atoms with Crippen LogP contribution in [-0.4, -0.2) is 41.4 Å². The molecule has 1 unspecified atom stereocenters. The largest absolute Gasteiger partial charge is 0.480 e. The molecule has 0 saturated carbocycles. The third-order valence-corrected chi connectivity index (χ3v) is 5.78. The normalized spacial score (nSPS) is 20.1. The van der Waals surface area contributed by atoms with Crippen LogP contribution < -0.4 is 0 Å². The van der Waals surface area contributed by atoms with Crippen LogP contribution in [0.4, 0.5) is 0 Å². The topological polar surface area (TPSA) is 87.6 Å². The Labute approximate surface area is 128 Å². The number of carboxylic acids is 1. The molecule has 1 atom stereocenters. The second-order valence-electron chi connectivity index (χ2n) is 5.33. The second-order valence-corrected chi connectivity index (χ2v) is 7.22. The lowest BCUT2D eigenvalue weighted by atomic mass is 10.1. The predicted molar refractivity (Wildman–Crippen MR) is 80.9 cm³/mol. The van der Waals surface area contributed by atoms with Crippen molar-refractivity contribution in [1.29, 1.82) is 0 Å². The molecule has 1 N–H and O–H groups in total. The van der Waals surface area contributed by atoms with E-state index in [1.54, 1.807) is 24.3 Å².